The maximum Gasteiger partial charge on any atom is 0.252 e. The molecule has 0 radical (unpaired) electrons. The number of anilines is 1. The first-order chi connectivity index (χ1) is 13.7. The Hall–Kier alpha value is -2.29. The first-order valence-electron chi connectivity index (χ1n) is 9.28. The normalized spacial score (nSPS) is 16.4. The Balaban J connectivity index is 1.44. The van der Waals surface area contributed by atoms with Crippen LogP contribution in [0.5, 0.6) is 0 Å². The molecule has 0 aliphatic carbocycles. The van der Waals surface area contributed by atoms with Gasteiger partial charge in [-0.25, -0.2) is 4.98 Å². The van der Waals surface area contributed by atoms with Gasteiger partial charge in [-0.05, 0) is 36.4 Å². The van der Waals surface area contributed by atoms with E-state index in [2.05, 4.69) is 10.3 Å². The highest BCUT2D eigenvalue weighted by molar-refractivity contribution is 7.22. The van der Waals surface area contributed by atoms with Crippen molar-refractivity contribution < 1.29 is 14.3 Å². The van der Waals surface area contributed by atoms with E-state index < -0.39 is 0 Å². The van der Waals surface area contributed by atoms with E-state index in [0.717, 1.165) is 29.7 Å². The molecule has 3 heterocycles. The second-order valence-electron chi connectivity index (χ2n) is 6.62. The number of aromatic nitrogens is 1. The lowest BCUT2D eigenvalue weighted by atomic mass is 10.2. The van der Waals surface area contributed by atoms with Crippen LogP contribution in [0.2, 0.25) is 0 Å². The van der Waals surface area contributed by atoms with Gasteiger partial charge in [0.1, 0.15) is 0 Å². The van der Waals surface area contributed by atoms with E-state index in [0.29, 0.717) is 23.8 Å². The molecule has 1 saturated heterocycles. The van der Waals surface area contributed by atoms with E-state index in [1.807, 2.05) is 29.6 Å². The highest BCUT2D eigenvalue weighted by Gasteiger charge is 2.26. The minimum atomic E-state index is -0.153. The van der Waals surface area contributed by atoms with Gasteiger partial charge in [0.25, 0.3) is 5.91 Å². The molecule has 2 aromatic heterocycles. The van der Waals surface area contributed by atoms with Crippen molar-refractivity contribution in [3.8, 4) is 0 Å². The second-order valence-corrected chi connectivity index (χ2v) is 8.41. The van der Waals surface area contributed by atoms with E-state index in [1.54, 1.807) is 16.3 Å². The van der Waals surface area contributed by atoms with Crippen LogP contribution < -0.4 is 10.2 Å². The number of fused-ring (bicyclic) bond motifs is 1. The zero-order valence-corrected chi connectivity index (χ0v) is 16.9. The largest absolute Gasteiger partial charge is 0.376 e. The molecule has 2 amide bonds. The van der Waals surface area contributed by atoms with Gasteiger partial charge in [0.15, 0.2) is 5.13 Å². The van der Waals surface area contributed by atoms with Crippen LogP contribution in [0.25, 0.3) is 10.2 Å². The van der Waals surface area contributed by atoms with Gasteiger partial charge in [-0.3, -0.25) is 14.5 Å². The molecule has 1 aromatic carbocycles. The summed E-state index contributed by atoms with van der Waals surface area (Å²) in [7, 11) is 0. The van der Waals surface area contributed by atoms with Gasteiger partial charge in [-0.15, -0.1) is 0 Å². The van der Waals surface area contributed by atoms with Crippen LogP contribution in [0.4, 0.5) is 5.13 Å². The van der Waals surface area contributed by atoms with Crippen molar-refractivity contribution in [2.24, 2.45) is 0 Å². The van der Waals surface area contributed by atoms with E-state index in [-0.39, 0.29) is 24.3 Å². The monoisotopic (exact) mass is 415 g/mol. The lowest BCUT2D eigenvalue weighted by Crippen LogP contribution is -2.39. The maximum absolute atomic E-state index is 13.0. The standard InChI is InChI=1S/C20H21N3O3S2/c24-18(7-9-21-19(25)14-8-11-27-13-14)23(12-15-4-3-10-26-15)20-22-16-5-1-2-6-17(16)28-20/h1-2,5-6,8,11,13,15H,3-4,7,9-10,12H2,(H,21,25). The van der Waals surface area contributed by atoms with Crippen molar-refractivity contribution in [1.29, 1.82) is 0 Å². The van der Waals surface area contributed by atoms with E-state index >= 15 is 0 Å². The summed E-state index contributed by atoms with van der Waals surface area (Å²) >= 11 is 2.98. The number of thiazole rings is 1. The Morgan fingerprint density at radius 2 is 2.18 bits per heavy atom. The number of rotatable bonds is 7. The number of nitrogens with zero attached hydrogens (tertiary/aromatic N) is 2. The molecule has 8 heteroatoms. The van der Waals surface area contributed by atoms with Gasteiger partial charge in [-0.2, -0.15) is 11.3 Å². The summed E-state index contributed by atoms with van der Waals surface area (Å²) in [5, 5.41) is 7.15. The Kier molecular flexibility index (Phi) is 5.99. The Bertz CT molecular complexity index is 916. The number of carbonyl (C=O) groups is 2. The molecule has 1 atom stereocenters. The number of benzene rings is 1. The van der Waals surface area contributed by atoms with Gasteiger partial charge in [0.05, 0.1) is 22.9 Å². The third-order valence-electron chi connectivity index (χ3n) is 4.63. The molecule has 6 nitrogen and oxygen atoms in total. The van der Waals surface area contributed by atoms with Gasteiger partial charge >= 0.3 is 0 Å². The van der Waals surface area contributed by atoms with Crippen LogP contribution in [0.3, 0.4) is 0 Å². The summed E-state index contributed by atoms with van der Waals surface area (Å²) in [6.45, 7) is 1.53. The summed E-state index contributed by atoms with van der Waals surface area (Å²) in [6, 6.07) is 9.64. The molecular weight excluding hydrogens is 394 g/mol. The number of hydrogen-bond donors (Lipinski definition) is 1. The number of nitrogens with one attached hydrogen (secondary N) is 1. The Labute approximate surface area is 171 Å². The summed E-state index contributed by atoms with van der Waals surface area (Å²) < 4.78 is 6.78. The van der Waals surface area contributed by atoms with E-state index in [9.17, 15) is 9.59 Å². The van der Waals surface area contributed by atoms with Crippen LogP contribution in [0.15, 0.2) is 41.1 Å². The van der Waals surface area contributed by atoms with Crippen molar-refractivity contribution >= 4 is 49.8 Å². The number of ether oxygens (including phenoxy) is 1. The van der Waals surface area contributed by atoms with Crippen LogP contribution in [-0.2, 0) is 9.53 Å². The van der Waals surface area contributed by atoms with Crippen molar-refractivity contribution in [1.82, 2.24) is 10.3 Å². The Morgan fingerprint density at radius 3 is 2.93 bits per heavy atom. The molecule has 1 aliphatic heterocycles. The third kappa shape index (κ3) is 4.40. The molecule has 3 aromatic rings. The minimum absolute atomic E-state index is 0.0383. The van der Waals surface area contributed by atoms with Crippen LogP contribution in [0, 0.1) is 0 Å². The second kappa shape index (κ2) is 8.81. The Morgan fingerprint density at radius 1 is 1.29 bits per heavy atom. The molecule has 1 N–H and O–H groups in total. The van der Waals surface area contributed by atoms with Crippen LogP contribution in [-0.4, -0.2) is 42.6 Å². The molecule has 0 bridgehead atoms. The third-order valence-corrected chi connectivity index (χ3v) is 6.38. The van der Waals surface area contributed by atoms with Crippen LogP contribution in [0.1, 0.15) is 29.6 Å². The number of carbonyl (C=O) groups excluding carboxylic acids is 2. The topological polar surface area (TPSA) is 71.5 Å². The number of hydrogen-bond acceptors (Lipinski definition) is 6. The quantitative estimate of drug-likeness (QED) is 0.639. The fourth-order valence-corrected chi connectivity index (χ4v) is 4.80. The van der Waals surface area contributed by atoms with Crippen molar-refractivity contribution in [2.75, 3.05) is 24.6 Å². The SMILES string of the molecule is O=C(NCCC(=O)N(CC1CCCO1)c1nc2ccccc2s1)c1ccsc1. The summed E-state index contributed by atoms with van der Waals surface area (Å²) in [5.41, 5.74) is 1.51. The maximum atomic E-state index is 13.0. The number of para-hydroxylation sites is 1. The summed E-state index contributed by atoms with van der Waals surface area (Å²) in [6.07, 6.45) is 2.22. The van der Waals surface area contributed by atoms with Gasteiger partial charge in [0, 0.05) is 30.5 Å². The van der Waals surface area contributed by atoms with Gasteiger partial charge in [0.2, 0.25) is 5.91 Å². The average Bonchev–Trinajstić information content (AvgIpc) is 3.47. The highest BCUT2D eigenvalue weighted by Crippen LogP contribution is 2.30. The van der Waals surface area contributed by atoms with E-state index in [1.165, 1.54) is 22.7 Å². The fourth-order valence-electron chi connectivity index (χ4n) is 3.17. The lowest BCUT2D eigenvalue weighted by Gasteiger charge is -2.23. The predicted molar refractivity (Wildman–Crippen MR) is 112 cm³/mol. The minimum Gasteiger partial charge on any atom is -0.376 e. The fraction of sp³-hybridized carbons (Fsp3) is 0.350. The zero-order valence-electron chi connectivity index (χ0n) is 15.3. The highest BCUT2D eigenvalue weighted by atomic mass is 32.1. The summed E-state index contributed by atoms with van der Waals surface area (Å²) in [4.78, 5) is 31.4. The number of thiophene rings is 1. The molecule has 0 saturated carbocycles. The van der Waals surface area contributed by atoms with Gasteiger partial charge in [-0.1, -0.05) is 23.5 Å². The molecule has 4 rings (SSSR count). The first kappa shape index (κ1) is 19.0. The van der Waals surface area contributed by atoms with Crippen molar-refractivity contribution in [2.45, 2.75) is 25.4 Å². The smallest absolute Gasteiger partial charge is 0.252 e. The molecule has 0 spiro atoms. The number of amides is 2. The predicted octanol–water partition coefficient (Wildman–Crippen LogP) is 3.69. The van der Waals surface area contributed by atoms with Crippen molar-refractivity contribution in [3.63, 3.8) is 0 Å². The van der Waals surface area contributed by atoms with Crippen LogP contribution >= 0.6 is 22.7 Å². The molecule has 1 unspecified atom stereocenters. The lowest BCUT2D eigenvalue weighted by molar-refractivity contribution is -0.118. The molecule has 146 valence electrons. The average molecular weight is 416 g/mol. The molecule has 1 aliphatic rings. The molecule has 1 fully saturated rings. The first-order valence-corrected chi connectivity index (χ1v) is 11.0. The molecule has 28 heavy (non-hydrogen) atoms. The summed E-state index contributed by atoms with van der Waals surface area (Å²) in [5.74, 6) is -0.208. The molecular formula is C20H21N3O3S2. The van der Waals surface area contributed by atoms with Crippen molar-refractivity contribution in [3.05, 3.63) is 46.7 Å². The van der Waals surface area contributed by atoms with E-state index in [4.69, 9.17) is 4.74 Å². The zero-order chi connectivity index (χ0) is 19.3. The van der Waals surface area contributed by atoms with Gasteiger partial charge < -0.3 is 10.1 Å².